The fourth-order valence-corrected chi connectivity index (χ4v) is 3.56. The van der Waals surface area contributed by atoms with Crippen molar-refractivity contribution in [3.05, 3.63) is 18.6 Å². The van der Waals surface area contributed by atoms with Crippen LogP contribution in [-0.4, -0.2) is 66.1 Å². The summed E-state index contributed by atoms with van der Waals surface area (Å²) in [7, 11) is 1.68. The molecule has 3 amide bonds. The number of aromatic nitrogens is 2. The molecule has 8 heteroatoms. The second-order valence-electron chi connectivity index (χ2n) is 6.65. The van der Waals surface area contributed by atoms with E-state index >= 15 is 0 Å². The van der Waals surface area contributed by atoms with Crippen LogP contribution >= 0.6 is 0 Å². The van der Waals surface area contributed by atoms with Gasteiger partial charge in [-0.25, -0.2) is 9.78 Å². The molecule has 0 atom stereocenters. The van der Waals surface area contributed by atoms with Crippen LogP contribution in [-0.2, 0) is 4.79 Å². The molecule has 0 bridgehead atoms. The van der Waals surface area contributed by atoms with Crippen molar-refractivity contribution < 1.29 is 9.59 Å². The van der Waals surface area contributed by atoms with Crippen molar-refractivity contribution in [2.24, 2.45) is 5.92 Å². The number of carbonyl (C=O) groups is 2. The van der Waals surface area contributed by atoms with Gasteiger partial charge in [-0.1, -0.05) is 0 Å². The highest BCUT2D eigenvalue weighted by Crippen LogP contribution is 2.24. The average molecular weight is 346 g/mol. The molecule has 0 aromatic carbocycles. The summed E-state index contributed by atoms with van der Waals surface area (Å²) in [5, 5.41) is 5.84. The summed E-state index contributed by atoms with van der Waals surface area (Å²) in [6.07, 6.45) is 8.50. The van der Waals surface area contributed by atoms with Crippen molar-refractivity contribution in [2.45, 2.75) is 31.7 Å². The molecular formula is C17H26N6O2. The zero-order valence-electron chi connectivity index (χ0n) is 14.6. The Labute approximate surface area is 148 Å². The minimum atomic E-state index is 0.00203. The number of piperazine rings is 1. The zero-order valence-corrected chi connectivity index (χ0v) is 14.6. The third kappa shape index (κ3) is 4.37. The Balaban J connectivity index is 1.42. The first-order valence-electron chi connectivity index (χ1n) is 8.95. The lowest BCUT2D eigenvalue weighted by Crippen LogP contribution is -2.54. The number of amides is 3. The first-order valence-corrected chi connectivity index (χ1v) is 8.95. The van der Waals surface area contributed by atoms with E-state index in [1.165, 1.54) is 0 Å². The quantitative estimate of drug-likeness (QED) is 0.837. The maximum atomic E-state index is 12.5. The highest BCUT2D eigenvalue weighted by atomic mass is 16.2. The molecule has 2 N–H and O–H groups in total. The first-order chi connectivity index (χ1) is 12.2. The van der Waals surface area contributed by atoms with Gasteiger partial charge in [-0.2, -0.15) is 0 Å². The molecule has 1 aromatic rings. The highest BCUT2D eigenvalue weighted by molar-refractivity contribution is 5.78. The fourth-order valence-electron chi connectivity index (χ4n) is 3.56. The van der Waals surface area contributed by atoms with Crippen molar-refractivity contribution >= 4 is 17.8 Å². The molecule has 25 heavy (non-hydrogen) atoms. The second-order valence-corrected chi connectivity index (χ2v) is 6.65. The van der Waals surface area contributed by atoms with E-state index in [1.54, 1.807) is 25.6 Å². The van der Waals surface area contributed by atoms with Gasteiger partial charge in [-0.15, -0.1) is 0 Å². The van der Waals surface area contributed by atoms with Gasteiger partial charge in [-0.05, 0) is 25.7 Å². The Bertz CT molecular complexity index is 580. The third-order valence-corrected chi connectivity index (χ3v) is 5.11. The lowest BCUT2D eigenvalue weighted by Gasteiger charge is -2.36. The largest absolute Gasteiger partial charge is 0.359 e. The summed E-state index contributed by atoms with van der Waals surface area (Å²) < 4.78 is 0. The van der Waals surface area contributed by atoms with E-state index in [4.69, 9.17) is 0 Å². The van der Waals surface area contributed by atoms with Gasteiger partial charge in [-0.3, -0.25) is 9.78 Å². The van der Waals surface area contributed by atoms with Crippen LogP contribution in [0.15, 0.2) is 18.6 Å². The predicted molar refractivity (Wildman–Crippen MR) is 94.2 cm³/mol. The smallest absolute Gasteiger partial charge is 0.317 e. The Morgan fingerprint density at radius 2 is 1.80 bits per heavy atom. The lowest BCUT2D eigenvalue weighted by atomic mass is 9.85. The molecule has 136 valence electrons. The summed E-state index contributed by atoms with van der Waals surface area (Å²) in [5.41, 5.74) is 0. The van der Waals surface area contributed by atoms with Gasteiger partial charge in [0.15, 0.2) is 0 Å². The lowest BCUT2D eigenvalue weighted by molar-refractivity contribution is -0.125. The van der Waals surface area contributed by atoms with Gasteiger partial charge in [0, 0.05) is 57.6 Å². The van der Waals surface area contributed by atoms with Crippen LogP contribution in [0.3, 0.4) is 0 Å². The maximum absolute atomic E-state index is 12.5. The van der Waals surface area contributed by atoms with E-state index in [0.717, 1.165) is 44.6 Å². The number of hydrogen-bond acceptors (Lipinski definition) is 5. The standard InChI is InChI=1S/C17H26N6O2/c1-18-16(24)13-2-4-14(5-3-13)21-17(25)23-10-8-22(9-11-23)15-12-19-6-7-20-15/h6-7,12-14H,2-5,8-11H2,1H3,(H,18,24)(H,21,25). The van der Waals surface area contributed by atoms with E-state index in [2.05, 4.69) is 25.5 Å². The molecule has 0 unspecified atom stereocenters. The monoisotopic (exact) mass is 346 g/mol. The minimum absolute atomic E-state index is 0.00203. The number of nitrogens with zero attached hydrogens (tertiary/aromatic N) is 4. The van der Waals surface area contributed by atoms with Gasteiger partial charge >= 0.3 is 6.03 Å². The molecule has 1 saturated carbocycles. The van der Waals surface area contributed by atoms with Gasteiger partial charge in [0.25, 0.3) is 0 Å². The summed E-state index contributed by atoms with van der Waals surface area (Å²) in [6.45, 7) is 2.87. The molecule has 1 aliphatic carbocycles. The molecule has 2 fully saturated rings. The normalized spacial score (nSPS) is 23.9. The first kappa shape index (κ1) is 17.4. The Hall–Kier alpha value is -2.38. The van der Waals surface area contributed by atoms with Gasteiger partial charge in [0.2, 0.25) is 5.91 Å². The van der Waals surface area contributed by atoms with Gasteiger partial charge < -0.3 is 20.4 Å². The van der Waals surface area contributed by atoms with Crippen LogP contribution in [0.5, 0.6) is 0 Å². The average Bonchev–Trinajstić information content (AvgIpc) is 2.68. The molecule has 1 aromatic heterocycles. The number of rotatable bonds is 3. The van der Waals surface area contributed by atoms with Crippen molar-refractivity contribution in [3.8, 4) is 0 Å². The summed E-state index contributed by atoms with van der Waals surface area (Å²) in [6, 6.07) is 0.175. The summed E-state index contributed by atoms with van der Waals surface area (Å²) in [4.78, 5) is 36.5. The highest BCUT2D eigenvalue weighted by Gasteiger charge is 2.28. The fraction of sp³-hybridized carbons (Fsp3) is 0.647. The minimum Gasteiger partial charge on any atom is -0.359 e. The SMILES string of the molecule is CNC(=O)C1CCC(NC(=O)N2CCN(c3cnccn3)CC2)CC1. The van der Waals surface area contributed by atoms with Crippen LogP contribution in [0.4, 0.5) is 10.6 Å². The van der Waals surface area contributed by atoms with Crippen LogP contribution in [0, 0.1) is 5.92 Å². The maximum Gasteiger partial charge on any atom is 0.317 e. The number of anilines is 1. The van der Waals surface area contributed by atoms with Gasteiger partial charge in [0.1, 0.15) is 5.82 Å². The van der Waals surface area contributed by atoms with E-state index < -0.39 is 0 Å². The van der Waals surface area contributed by atoms with Crippen molar-refractivity contribution in [2.75, 3.05) is 38.1 Å². The molecule has 2 heterocycles. The zero-order chi connectivity index (χ0) is 17.6. The van der Waals surface area contributed by atoms with E-state index in [1.807, 2.05) is 4.90 Å². The Morgan fingerprint density at radius 1 is 1.08 bits per heavy atom. The van der Waals surface area contributed by atoms with Crippen LogP contribution < -0.4 is 15.5 Å². The molecule has 8 nitrogen and oxygen atoms in total. The van der Waals surface area contributed by atoms with E-state index in [0.29, 0.717) is 13.1 Å². The van der Waals surface area contributed by atoms with Crippen LogP contribution in [0.1, 0.15) is 25.7 Å². The van der Waals surface area contributed by atoms with E-state index in [9.17, 15) is 9.59 Å². The van der Waals surface area contributed by atoms with Crippen molar-refractivity contribution in [1.29, 1.82) is 0 Å². The number of carbonyl (C=O) groups excluding carboxylic acids is 2. The molecular weight excluding hydrogens is 320 g/mol. The Kier molecular flexibility index (Phi) is 5.67. The molecule has 0 spiro atoms. The molecule has 0 radical (unpaired) electrons. The molecule has 2 aliphatic rings. The second kappa shape index (κ2) is 8.13. The van der Waals surface area contributed by atoms with Crippen LogP contribution in [0.2, 0.25) is 0 Å². The topological polar surface area (TPSA) is 90.5 Å². The molecule has 3 rings (SSSR count). The Morgan fingerprint density at radius 3 is 2.40 bits per heavy atom. The molecule has 1 aliphatic heterocycles. The van der Waals surface area contributed by atoms with Crippen molar-refractivity contribution in [3.63, 3.8) is 0 Å². The number of urea groups is 1. The number of hydrogen-bond donors (Lipinski definition) is 2. The van der Waals surface area contributed by atoms with E-state index in [-0.39, 0.29) is 23.9 Å². The third-order valence-electron chi connectivity index (χ3n) is 5.11. The molecule has 1 saturated heterocycles. The van der Waals surface area contributed by atoms with Crippen molar-refractivity contribution in [1.82, 2.24) is 25.5 Å². The van der Waals surface area contributed by atoms with Gasteiger partial charge in [0.05, 0.1) is 6.20 Å². The van der Waals surface area contributed by atoms with Crippen LogP contribution in [0.25, 0.3) is 0 Å². The summed E-state index contributed by atoms with van der Waals surface area (Å²) in [5.74, 6) is 1.06. The summed E-state index contributed by atoms with van der Waals surface area (Å²) >= 11 is 0. The predicted octanol–water partition coefficient (Wildman–Crippen LogP) is 0.613. The number of nitrogens with one attached hydrogen (secondary N) is 2.